The summed E-state index contributed by atoms with van der Waals surface area (Å²) in [5.41, 5.74) is 9.54. The number of ether oxygens (including phenoxy) is 1. The molecule has 11 heteroatoms. The van der Waals surface area contributed by atoms with Gasteiger partial charge in [-0.05, 0) is 49.2 Å². The number of anilines is 2. The molecule has 5 amide bonds. The number of methoxy groups -OCH3 is 1. The van der Waals surface area contributed by atoms with Crippen molar-refractivity contribution in [3.8, 4) is 16.9 Å². The molecule has 4 rings (SSSR count). The Hall–Kier alpha value is -4.22. The molecule has 0 saturated carbocycles. The molecule has 0 radical (unpaired) electrons. The molecular weight excluding hydrogens is 540 g/mol. The highest BCUT2D eigenvalue weighted by Gasteiger charge is 2.32. The molecule has 1 heterocycles. The number of rotatable bonds is 8. The molecule has 0 spiro atoms. The minimum atomic E-state index is -0.749. The number of hydrogen-bond donors (Lipinski definition) is 5. The van der Waals surface area contributed by atoms with Crippen molar-refractivity contribution in [2.45, 2.75) is 36.9 Å². The number of nitrogens with two attached hydrogens (primary N) is 1. The van der Waals surface area contributed by atoms with Crippen LogP contribution < -0.4 is 36.6 Å². The molecule has 10 nitrogen and oxygen atoms in total. The number of benzene rings is 3. The number of para-hydroxylation sites is 1. The first-order valence-corrected chi connectivity index (χ1v) is 14.2. The molecule has 1 aliphatic heterocycles. The van der Waals surface area contributed by atoms with Crippen molar-refractivity contribution in [1.82, 2.24) is 16.0 Å². The van der Waals surface area contributed by atoms with E-state index in [-0.39, 0.29) is 18.5 Å². The molecular formula is C30H36N6O4S. The largest absolute Gasteiger partial charge is 0.497 e. The zero-order valence-corrected chi connectivity index (χ0v) is 24.4. The van der Waals surface area contributed by atoms with E-state index in [2.05, 4.69) is 21.3 Å². The summed E-state index contributed by atoms with van der Waals surface area (Å²) in [5.74, 6) is 0.836. The van der Waals surface area contributed by atoms with Gasteiger partial charge in [0.15, 0.2) is 0 Å². The zero-order chi connectivity index (χ0) is 29.6. The Morgan fingerprint density at radius 1 is 1.07 bits per heavy atom. The van der Waals surface area contributed by atoms with E-state index in [9.17, 15) is 14.4 Å². The predicted molar refractivity (Wildman–Crippen MR) is 163 cm³/mol. The molecule has 0 bridgehead atoms. The number of nitrogens with one attached hydrogen (secondary N) is 4. The van der Waals surface area contributed by atoms with Crippen molar-refractivity contribution < 1.29 is 19.1 Å². The molecule has 1 aliphatic rings. The molecule has 3 aromatic carbocycles. The third-order valence-electron chi connectivity index (χ3n) is 6.45. The van der Waals surface area contributed by atoms with Crippen molar-refractivity contribution >= 4 is 41.1 Å². The molecule has 6 N–H and O–H groups in total. The van der Waals surface area contributed by atoms with E-state index in [0.29, 0.717) is 23.7 Å². The van der Waals surface area contributed by atoms with Gasteiger partial charge in [-0.1, -0.05) is 42.5 Å². The van der Waals surface area contributed by atoms with Crippen LogP contribution in [0.25, 0.3) is 11.1 Å². The minimum absolute atomic E-state index is 0.215. The van der Waals surface area contributed by atoms with Crippen molar-refractivity contribution in [2.75, 3.05) is 36.7 Å². The molecule has 3 aromatic rings. The van der Waals surface area contributed by atoms with E-state index in [1.165, 1.54) is 11.8 Å². The van der Waals surface area contributed by atoms with Crippen LogP contribution in [0.1, 0.15) is 19.4 Å². The number of urea groups is 2. The third-order valence-corrected chi connectivity index (χ3v) is 7.58. The maximum atomic E-state index is 13.8. The van der Waals surface area contributed by atoms with Gasteiger partial charge in [0, 0.05) is 35.3 Å². The summed E-state index contributed by atoms with van der Waals surface area (Å²) >= 11 is 1.49. The summed E-state index contributed by atoms with van der Waals surface area (Å²) in [6.45, 7) is 4.19. The van der Waals surface area contributed by atoms with Crippen LogP contribution in [-0.2, 0) is 11.3 Å². The highest BCUT2D eigenvalue weighted by molar-refractivity contribution is 7.99. The average Bonchev–Trinajstić information content (AvgIpc) is 3.08. The lowest BCUT2D eigenvalue weighted by Crippen LogP contribution is -2.54. The van der Waals surface area contributed by atoms with Gasteiger partial charge in [-0.25, -0.2) is 9.59 Å². The van der Waals surface area contributed by atoms with Gasteiger partial charge in [0.05, 0.1) is 25.0 Å². The molecule has 1 atom stereocenters. The van der Waals surface area contributed by atoms with E-state index >= 15 is 0 Å². The van der Waals surface area contributed by atoms with Crippen LogP contribution in [0.4, 0.5) is 21.0 Å². The molecule has 0 aliphatic carbocycles. The standard InChI is InChI=1S/C30H36N6O4S/c1-30(2,31)18-33-29(39)35-24-17-41-26-15-21(40-4)13-14-25(26)36(27(24)37)16-19-9-11-20(12-10-19)22-7-5-6-8-23(22)34-28(38)32-3/h5-15,24H,16-18,31H2,1-4H3,(H2,32,34,38)(H2,33,35,39). The molecule has 0 saturated heterocycles. The van der Waals surface area contributed by atoms with E-state index in [1.807, 2.05) is 80.6 Å². The first kappa shape index (κ1) is 29.8. The monoisotopic (exact) mass is 576 g/mol. The van der Waals surface area contributed by atoms with Gasteiger partial charge in [-0.3, -0.25) is 4.79 Å². The maximum Gasteiger partial charge on any atom is 0.318 e. The third kappa shape index (κ3) is 7.71. The van der Waals surface area contributed by atoms with Gasteiger partial charge < -0.3 is 36.6 Å². The van der Waals surface area contributed by atoms with Crippen LogP contribution in [0, 0.1) is 0 Å². The van der Waals surface area contributed by atoms with Crippen LogP contribution >= 0.6 is 11.8 Å². The second-order valence-electron chi connectivity index (χ2n) is 10.4. The summed E-state index contributed by atoms with van der Waals surface area (Å²) < 4.78 is 5.41. The highest BCUT2D eigenvalue weighted by atomic mass is 32.2. The lowest BCUT2D eigenvalue weighted by molar-refractivity contribution is -0.120. The fourth-order valence-electron chi connectivity index (χ4n) is 4.30. The number of hydrogen-bond acceptors (Lipinski definition) is 6. The zero-order valence-electron chi connectivity index (χ0n) is 23.6. The van der Waals surface area contributed by atoms with Crippen LogP contribution in [0.3, 0.4) is 0 Å². The van der Waals surface area contributed by atoms with Crippen LogP contribution in [-0.4, -0.2) is 56.0 Å². The Labute approximate surface area is 244 Å². The Morgan fingerprint density at radius 3 is 2.49 bits per heavy atom. The summed E-state index contributed by atoms with van der Waals surface area (Å²) in [5, 5.41) is 11.0. The number of thioether (sulfide) groups is 1. The quantitative estimate of drug-likeness (QED) is 0.273. The molecule has 216 valence electrons. The Morgan fingerprint density at radius 2 is 1.80 bits per heavy atom. The lowest BCUT2D eigenvalue weighted by atomic mass is 10.0. The average molecular weight is 577 g/mol. The number of amides is 5. The van der Waals surface area contributed by atoms with E-state index in [1.54, 1.807) is 19.1 Å². The van der Waals surface area contributed by atoms with Crippen LogP contribution in [0.15, 0.2) is 71.6 Å². The number of carbonyl (C=O) groups excluding carboxylic acids is 3. The van der Waals surface area contributed by atoms with Crippen molar-refractivity contribution in [2.24, 2.45) is 5.73 Å². The predicted octanol–water partition coefficient (Wildman–Crippen LogP) is 4.16. The SMILES string of the molecule is CNC(=O)Nc1ccccc1-c1ccc(CN2C(=O)C(NC(=O)NCC(C)(C)N)CSc3cc(OC)ccc32)cc1. The second-order valence-corrected chi connectivity index (χ2v) is 11.4. The number of carbonyl (C=O) groups is 3. The van der Waals surface area contributed by atoms with Gasteiger partial charge in [0.25, 0.3) is 5.91 Å². The summed E-state index contributed by atoms with van der Waals surface area (Å²) in [6, 6.07) is 19.5. The lowest BCUT2D eigenvalue weighted by Gasteiger charge is -2.27. The van der Waals surface area contributed by atoms with E-state index < -0.39 is 17.6 Å². The van der Waals surface area contributed by atoms with E-state index in [0.717, 1.165) is 27.3 Å². The summed E-state index contributed by atoms with van der Waals surface area (Å²) in [7, 11) is 3.17. The molecule has 0 aromatic heterocycles. The maximum absolute atomic E-state index is 13.8. The van der Waals surface area contributed by atoms with Gasteiger partial charge in [-0.15, -0.1) is 11.8 Å². The normalized spacial score (nSPS) is 14.9. The fourth-order valence-corrected chi connectivity index (χ4v) is 5.39. The summed E-state index contributed by atoms with van der Waals surface area (Å²) in [6.07, 6.45) is 0. The van der Waals surface area contributed by atoms with Gasteiger partial charge in [-0.2, -0.15) is 0 Å². The minimum Gasteiger partial charge on any atom is -0.497 e. The topological polar surface area (TPSA) is 138 Å². The fraction of sp³-hybridized carbons (Fsp3) is 0.300. The van der Waals surface area contributed by atoms with E-state index in [4.69, 9.17) is 10.5 Å². The van der Waals surface area contributed by atoms with Crippen LogP contribution in [0.2, 0.25) is 0 Å². The Bertz CT molecular complexity index is 1410. The molecule has 1 unspecified atom stereocenters. The van der Waals surface area contributed by atoms with Crippen molar-refractivity contribution in [3.05, 3.63) is 72.3 Å². The van der Waals surface area contributed by atoms with Gasteiger partial charge in [0.2, 0.25) is 0 Å². The molecule has 41 heavy (non-hydrogen) atoms. The second kappa shape index (κ2) is 13.0. The summed E-state index contributed by atoms with van der Waals surface area (Å²) in [4.78, 5) is 41.0. The smallest absolute Gasteiger partial charge is 0.318 e. The number of fused-ring (bicyclic) bond motifs is 1. The van der Waals surface area contributed by atoms with Gasteiger partial charge in [0.1, 0.15) is 11.8 Å². The highest BCUT2D eigenvalue weighted by Crippen LogP contribution is 2.38. The van der Waals surface area contributed by atoms with Crippen molar-refractivity contribution in [1.29, 1.82) is 0 Å². The van der Waals surface area contributed by atoms with Crippen molar-refractivity contribution in [3.63, 3.8) is 0 Å². The van der Waals surface area contributed by atoms with Gasteiger partial charge >= 0.3 is 12.1 Å². The van der Waals surface area contributed by atoms with Crippen LogP contribution in [0.5, 0.6) is 5.75 Å². The Kier molecular flexibility index (Phi) is 9.41. The first-order chi connectivity index (χ1) is 19.6. The number of nitrogens with zero attached hydrogens (tertiary/aromatic N) is 1. The molecule has 0 fully saturated rings. The Balaban J connectivity index is 1.59. The first-order valence-electron chi connectivity index (χ1n) is 13.2.